The number of ether oxygens (including phenoxy) is 2. The summed E-state index contributed by atoms with van der Waals surface area (Å²) < 4.78 is 10.4. The van der Waals surface area contributed by atoms with Crippen LogP contribution in [0, 0.1) is 5.92 Å². The van der Waals surface area contributed by atoms with Crippen molar-refractivity contribution in [3.8, 4) is 5.75 Å². The normalized spacial score (nSPS) is 21.2. The lowest BCUT2D eigenvalue weighted by Gasteiger charge is -2.27. The van der Waals surface area contributed by atoms with Gasteiger partial charge in [-0.05, 0) is 24.6 Å². The van der Waals surface area contributed by atoms with Crippen LogP contribution in [-0.4, -0.2) is 48.8 Å². The van der Waals surface area contributed by atoms with E-state index < -0.39 is 17.9 Å². The largest absolute Gasteiger partial charge is 0.494 e. The molecular weight excluding hydrogens is 286 g/mol. The number of carbonyl (C=O) groups is 2. The van der Waals surface area contributed by atoms with Gasteiger partial charge < -0.3 is 19.5 Å². The van der Waals surface area contributed by atoms with Crippen LogP contribution in [0.1, 0.15) is 24.9 Å². The number of amides is 1. The molecule has 0 aromatic heterocycles. The summed E-state index contributed by atoms with van der Waals surface area (Å²) in [4.78, 5) is 25.2. The SMILES string of the molecule is CCOc1ccc([C@@H]2[C@H](C(=O)O)CC(=O)N2CCOC)cc1. The van der Waals surface area contributed by atoms with Crippen LogP contribution in [0.2, 0.25) is 0 Å². The van der Waals surface area contributed by atoms with Crippen molar-refractivity contribution in [2.45, 2.75) is 19.4 Å². The van der Waals surface area contributed by atoms with Gasteiger partial charge in [0.15, 0.2) is 0 Å². The Balaban J connectivity index is 2.27. The molecule has 1 aliphatic rings. The molecule has 1 aliphatic heterocycles. The molecule has 1 fully saturated rings. The average molecular weight is 307 g/mol. The number of likely N-dealkylation sites (tertiary alicyclic amines) is 1. The standard InChI is InChI=1S/C16H21NO5/c1-3-22-12-6-4-11(5-7-12)15-13(16(19)20)10-14(18)17(15)8-9-21-2/h4-7,13,15H,3,8-10H2,1-2H3,(H,19,20)/t13-,15-/m1/s1. The highest BCUT2D eigenvalue weighted by atomic mass is 16.5. The van der Waals surface area contributed by atoms with Crippen LogP contribution >= 0.6 is 0 Å². The Kier molecular flexibility index (Phi) is 5.38. The molecule has 0 bridgehead atoms. The number of carbonyl (C=O) groups excluding carboxylic acids is 1. The number of hydrogen-bond acceptors (Lipinski definition) is 4. The highest BCUT2D eigenvalue weighted by Crippen LogP contribution is 2.38. The van der Waals surface area contributed by atoms with Gasteiger partial charge in [0.25, 0.3) is 0 Å². The number of carboxylic acid groups (broad SMARTS) is 1. The van der Waals surface area contributed by atoms with Crippen LogP contribution in [0.4, 0.5) is 0 Å². The second-order valence-electron chi connectivity index (χ2n) is 5.18. The van der Waals surface area contributed by atoms with Crippen molar-refractivity contribution in [1.29, 1.82) is 0 Å². The molecule has 1 amide bonds. The maximum absolute atomic E-state index is 12.1. The van der Waals surface area contributed by atoms with Gasteiger partial charge in [-0.15, -0.1) is 0 Å². The molecule has 1 aromatic rings. The van der Waals surface area contributed by atoms with E-state index in [-0.39, 0.29) is 12.3 Å². The summed E-state index contributed by atoms with van der Waals surface area (Å²) in [5.41, 5.74) is 0.804. The van der Waals surface area contributed by atoms with Crippen LogP contribution < -0.4 is 4.74 Å². The van der Waals surface area contributed by atoms with Gasteiger partial charge in [-0.3, -0.25) is 9.59 Å². The number of benzene rings is 1. The Morgan fingerprint density at radius 1 is 1.36 bits per heavy atom. The van der Waals surface area contributed by atoms with E-state index in [0.717, 1.165) is 11.3 Å². The van der Waals surface area contributed by atoms with Crippen molar-refractivity contribution in [2.75, 3.05) is 26.9 Å². The van der Waals surface area contributed by atoms with Crippen LogP contribution in [-0.2, 0) is 14.3 Å². The average Bonchev–Trinajstić information content (AvgIpc) is 2.83. The number of carboxylic acids is 1. The van der Waals surface area contributed by atoms with E-state index in [9.17, 15) is 14.7 Å². The minimum atomic E-state index is -0.952. The second kappa shape index (κ2) is 7.26. The molecule has 22 heavy (non-hydrogen) atoms. The van der Waals surface area contributed by atoms with Crippen molar-refractivity contribution in [1.82, 2.24) is 4.90 Å². The molecule has 0 saturated carbocycles. The van der Waals surface area contributed by atoms with Crippen molar-refractivity contribution < 1.29 is 24.2 Å². The predicted octanol–water partition coefficient (Wildman–Crippen LogP) is 1.71. The number of methoxy groups -OCH3 is 1. The Labute approximate surface area is 129 Å². The van der Waals surface area contributed by atoms with Gasteiger partial charge in [0.2, 0.25) is 5.91 Å². The highest BCUT2D eigenvalue weighted by Gasteiger charge is 2.44. The lowest BCUT2D eigenvalue weighted by atomic mass is 9.93. The maximum Gasteiger partial charge on any atom is 0.309 e. The lowest BCUT2D eigenvalue weighted by molar-refractivity contribution is -0.142. The van der Waals surface area contributed by atoms with Gasteiger partial charge in [-0.2, -0.15) is 0 Å². The fourth-order valence-electron chi connectivity index (χ4n) is 2.81. The van der Waals surface area contributed by atoms with Crippen LogP contribution in [0.15, 0.2) is 24.3 Å². The van der Waals surface area contributed by atoms with E-state index in [4.69, 9.17) is 9.47 Å². The molecule has 2 rings (SSSR count). The third kappa shape index (κ3) is 3.39. The van der Waals surface area contributed by atoms with Crippen LogP contribution in [0.5, 0.6) is 5.75 Å². The van der Waals surface area contributed by atoms with E-state index in [1.165, 1.54) is 0 Å². The van der Waals surface area contributed by atoms with Gasteiger partial charge >= 0.3 is 5.97 Å². The van der Waals surface area contributed by atoms with E-state index >= 15 is 0 Å². The molecule has 0 radical (unpaired) electrons. The summed E-state index contributed by atoms with van der Waals surface area (Å²) in [7, 11) is 1.56. The first-order valence-corrected chi connectivity index (χ1v) is 7.32. The molecule has 120 valence electrons. The van der Waals surface area contributed by atoms with Gasteiger partial charge in [0.05, 0.1) is 25.2 Å². The summed E-state index contributed by atoms with van der Waals surface area (Å²) in [6.45, 7) is 3.23. The number of aliphatic carboxylic acids is 1. The Morgan fingerprint density at radius 2 is 2.05 bits per heavy atom. The maximum atomic E-state index is 12.1. The highest BCUT2D eigenvalue weighted by molar-refractivity contribution is 5.87. The van der Waals surface area contributed by atoms with Gasteiger partial charge in [-0.1, -0.05) is 12.1 Å². The van der Waals surface area contributed by atoms with Crippen molar-refractivity contribution in [3.05, 3.63) is 29.8 Å². The number of hydrogen-bond donors (Lipinski definition) is 1. The zero-order valence-corrected chi connectivity index (χ0v) is 12.8. The van der Waals surface area contributed by atoms with Crippen LogP contribution in [0.3, 0.4) is 0 Å². The molecule has 6 nitrogen and oxygen atoms in total. The lowest BCUT2D eigenvalue weighted by Crippen LogP contribution is -2.33. The minimum absolute atomic E-state index is 0.0247. The molecule has 1 heterocycles. The summed E-state index contributed by atoms with van der Waals surface area (Å²) in [6.07, 6.45) is 0.0247. The molecule has 2 atom stereocenters. The number of rotatable bonds is 7. The third-order valence-electron chi connectivity index (χ3n) is 3.82. The van der Waals surface area contributed by atoms with E-state index in [1.807, 2.05) is 19.1 Å². The first-order valence-electron chi connectivity index (χ1n) is 7.32. The first-order chi connectivity index (χ1) is 10.6. The summed E-state index contributed by atoms with van der Waals surface area (Å²) >= 11 is 0. The van der Waals surface area contributed by atoms with Crippen molar-refractivity contribution >= 4 is 11.9 Å². The molecule has 0 unspecified atom stereocenters. The molecule has 1 aromatic carbocycles. The zero-order chi connectivity index (χ0) is 16.1. The van der Waals surface area contributed by atoms with E-state index in [2.05, 4.69) is 0 Å². The smallest absolute Gasteiger partial charge is 0.309 e. The third-order valence-corrected chi connectivity index (χ3v) is 3.82. The van der Waals surface area contributed by atoms with E-state index in [0.29, 0.717) is 19.8 Å². The Bertz CT molecular complexity index is 528. The molecule has 6 heteroatoms. The fourth-order valence-corrected chi connectivity index (χ4v) is 2.81. The predicted molar refractivity (Wildman–Crippen MR) is 79.7 cm³/mol. The van der Waals surface area contributed by atoms with Gasteiger partial charge in [0.1, 0.15) is 5.75 Å². The summed E-state index contributed by atoms with van der Waals surface area (Å²) in [5, 5.41) is 9.41. The fraction of sp³-hybridized carbons (Fsp3) is 0.500. The molecule has 0 aliphatic carbocycles. The molecule has 1 saturated heterocycles. The van der Waals surface area contributed by atoms with Gasteiger partial charge in [0, 0.05) is 20.1 Å². The monoisotopic (exact) mass is 307 g/mol. The Morgan fingerprint density at radius 3 is 2.59 bits per heavy atom. The quantitative estimate of drug-likeness (QED) is 0.830. The van der Waals surface area contributed by atoms with Gasteiger partial charge in [-0.25, -0.2) is 0 Å². The number of nitrogens with zero attached hydrogens (tertiary/aromatic N) is 1. The van der Waals surface area contributed by atoms with Crippen molar-refractivity contribution in [2.24, 2.45) is 5.92 Å². The van der Waals surface area contributed by atoms with Crippen LogP contribution in [0.25, 0.3) is 0 Å². The molecule has 1 N–H and O–H groups in total. The molecule has 0 spiro atoms. The summed E-state index contributed by atoms with van der Waals surface area (Å²) in [5.74, 6) is -1.11. The Hall–Kier alpha value is -2.08. The first kappa shape index (κ1) is 16.3. The second-order valence-corrected chi connectivity index (χ2v) is 5.18. The topological polar surface area (TPSA) is 76.1 Å². The summed E-state index contributed by atoms with van der Waals surface area (Å²) in [6, 6.07) is 6.79. The molecular formula is C16H21NO5. The minimum Gasteiger partial charge on any atom is -0.494 e. The van der Waals surface area contributed by atoms with Crippen molar-refractivity contribution in [3.63, 3.8) is 0 Å². The zero-order valence-electron chi connectivity index (χ0n) is 12.8. The van der Waals surface area contributed by atoms with E-state index in [1.54, 1.807) is 24.1 Å².